The first kappa shape index (κ1) is 21.2. The number of ketones is 1. The number of aryl methyl sites for hydroxylation is 2. The number of carbonyl (C=O) groups is 1. The second kappa shape index (κ2) is 8.58. The summed E-state index contributed by atoms with van der Waals surface area (Å²) >= 11 is 0. The third kappa shape index (κ3) is 4.07. The van der Waals surface area contributed by atoms with Gasteiger partial charge in [0.05, 0.1) is 0 Å². The molecule has 2 heterocycles. The summed E-state index contributed by atoms with van der Waals surface area (Å²) in [6.45, 7) is 1.48. The maximum atomic E-state index is 14.1. The van der Waals surface area contributed by atoms with Crippen molar-refractivity contribution >= 4 is 16.8 Å². The molecular formula is C22H16F2N4O4. The maximum Gasteiger partial charge on any atom is 0.340 e. The van der Waals surface area contributed by atoms with Crippen molar-refractivity contribution in [1.29, 1.82) is 0 Å². The molecule has 8 nitrogen and oxygen atoms in total. The van der Waals surface area contributed by atoms with Crippen molar-refractivity contribution in [2.45, 2.75) is 26.2 Å². The van der Waals surface area contributed by atoms with E-state index in [-0.39, 0.29) is 35.1 Å². The molecule has 1 N–H and O–H groups in total. The van der Waals surface area contributed by atoms with E-state index >= 15 is 0 Å². The molecule has 0 saturated carbocycles. The molecule has 0 fully saturated rings. The van der Waals surface area contributed by atoms with E-state index in [2.05, 4.69) is 20.4 Å². The number of Topliss-reactive ketones (excluding diaryl/α,β-unsaturated/α-hetero) is 1. The highest BCUT2D eigenvalue weighted by Gasteiger charge is 2.21. The van der Waals surface area contributed by atoms with Gasteiger partial charge < -0.3 is 9.52 Å². The number of fused-ring (bicyclic) bond motifs is 1. The molecule has 0 atom stereocenters. The highest BCUT2D eigenvalue weighted by molar-refractivity contribution is 5.86. The Balaban J connectivity index is 1.48. The van der Waals surface area contributed by atoms with E-state index in [9.17, 15) is 23.5 Å². The molecule has 0 amide bonds. The number of aromatic nitrogens is 4. The summed E-state index contributed by atoms with van der Waals surface area (Å²) in [7, 11) is 0. The van der Waals surface area contributed by atoms with Crippen LogP contribution in [0.3, 0.4) is 0 Å². The molecule has 0 spiro atoms. The number of hydrogen-bond donors (Lipinski definition) is 1. The topological polar surface area (TPSA) is 119 Å². The molecule has 32 heavy (non-hydrogen) atoms. The molecule has 4 rings (SSSR count). The average molecular weight is 438 g/mol. The Morgan fingerprint density at radius 2 is 1.81 bits per heavy atom. The first-order chi connectivity index (χ1) is 15.3. The van der Waals surface area contributed by atoms with Crippen LogP contribution in [0.5, 0.6) is 5.75 Å². The molecule has 0 aliphatic carbocycles. The van der Waals surface area contributed by atoms with Gasteiger partial charge in [-0.3, -0.25) is 4.79 Å². The number of halogens is 2. The van der Waals surface area contributed by atoms with E-state index in [0.29, 0.717) is 12.2 Å². The zero-order valence-electron chi connectivity index (χ0n) is 16.8. The minimum Gasteiger partial charge on any atom is -0.503 e. The van der Waals surface area contributed by atoms with Crippen LogP contribution in [-0.2, 0) is 17.6 Å². The van der Waals surface area contributed by atoms with Crippen molar-refractivity contribution in [3.63, 3.8) is 0 Å². The Morgan fingerprint density at radius 3 is 2.50 bits per heavy atom. The minimum absolute atomic E-state index is 0.0112. The summed E-state index contributed by atoms with van der Waals surface area (Å²) in [5.41, 5.74) is 0.440. The Labute approximate surface area is 179 Å². The lowest BCUT2D eigenvalue weighted by Crippen LogP contribution is -2.16. The van der Waals surface area contributed by atoms with Crippen molar-refractivity contribution in [1.82, 2.24) is 20.4 Å². The monoisotopic (exact) mass is 438 g/mol. The fourth-order valence-corrected chi connectivity index (χ4v) is 3.35. The van der Waals surface area contributed by atoms with Crippen LogP contribution in [0, 0.1) is 18.6 Å². The van der Waals surface area contributed by atoms with Crippen LogP contribution in [0.1, 0.15) is 23.1 Å². The summed E-state index contributed by atoms with van der Waals surface area (Å²) in [6, 6.07) is 8.11. The highest BCUT2D eigenvalue weighted by atomic mass is 19.1. The van der Waals surface area contributed by atoms with Gasteiger partial charge in [0.1, 0.15) is 5.78 Å². The van der Waals surface area contributed by atoms with Gasteiger partial charge in [0, 0.05) is 29.4 Å². The van der Waals surface area contributed by atoms with Crippen LogP contribution in [-0.4, -0.2) is 31.3 Å². The normalized spacial score (nSPS) is 11.1. The summed E-state index contributed by atoms with van der Waals surface area (Å²) in [6.07, 6.45) is 1.58. The molecule has 2 aromatic heterocycles. The van der Waals surface area contributed by atoms with E-state index in [1.54, 1.807) is 12.1 Å². The van der Waals surface area contributed by atoms with Gasteiger partial charge in [-0.15, -0.1) is 20.4 Å². The van der Waals surface area contributed by atoms with Crippen molar-refractivity contribution in [3.05, 3.63) is 75.4 Å². The number of rotatable bonds is 6. The standard InChI is InChI=1S/C22H16F2N4O4/c1-11-15-9-17(23)19(30)18(24)20(15)32-22(31)16(11)8-14(29)7-4-12-2-5-13(6-3-12)21-27-25-10-26-28-21/h2-3,5-6,9-10,30H,4,7-8H2,1H3. The third-order valence-corrected chi connectivity index (χ3v) is 5.13. The molecule has 162 valence electrons. The Bertz CT molecular complexity index is 1370. The fourth-order valence-electron chi connectivity index (χ4n) is 3.35. The molecule has 2 aromatic carbocycles. The van der Waals surface area contributed by atoms with E-state index in [1.165, 1.54) is 13.3 Å². The molecule has 10 heteroatoms. The number of phenols is 1. The first-order valence-corrected chi connectivity index (χ1v) is 9.59. The van der Waals surface area contributed by atoms with Crippen molar-refractivity contribution in [2.24, 2.45) is 0 Å². The second-order valence-electron chi connectivity index (χ2n) is 7.17. The van der Waals surface area contributed by atoms with E-state index in [4.69, 9.17) is 4.42 Å². The van der Waals surface area contributed by atoms with Crippen molar-refractivity contribution in [3.8, 4) is 17.1 Å². The number of aromatic hydroxyl groups is 1. The number of hydrogen-bond acceptors (Lipinski definition) is 8. The fraction of sp³-hybridized carbons (Fsp3) is 0.182. The molecule has 0 unspecified atom stereocenters. The van der Waals surface area contributed by atoms with E-state index in [1.807, 2.05) is 12.1 Å². The number of phenolic OH excluding ortho intramolecular Hbond substituents is 1. The molecular weight excluding hydrogens is 422 g/mol. The molecule has 0 aliphatic rings. The zero-order valence-corrected chi connectivity index (χ0v) is 16.8. The molecule has 0 saturated heterocycles. The largest absolute Gasteiger partial charge is 0.503 e. The highest BCUT2D eigenvalue weighted by Crippen LogP contribution is 2.30. The van der Waals surface area contributed by atoms with Crippen LogP contribution < -0.4 is 5.63 Å². The van der Waals surface area contributed by atoms with Crippen LogP contribution in [0.4, 0.5) is 8.78 Å². The predicted octanol–water partition coefficient (Wildman–Crippen LogP) is 3.08. The van der Waals surface area contributed by atoms with Crippen molar-refractivity contribution < 1.29 is 23.1 Å². The minimum atomic E-state index is -1.35. The smallest absolute Gasteiger partial charge is 0.340 e. The van der Waals surface area contributed by atoms with Crippen LogP contribution in [0.25, 0.3) is 22.4 Å². The van der Waals surface area contributed by atoms with Crippen LogP contribution >= 0.6 is 0 Å². The Morgan fingerprint density at radius 1 is 1.12 bits per heavy atom. The predicted molar refractivity (Wildman–Crippen MR) is 109 cm³/mol. The van der Waals surface area contributed by atoms with E-state index < -0.39 is 28.6 Å². The van der Waals surface area contributed by atoms with Gasteiger partial charge in [-0.1, -0.05) is 24.3 Å². The maximum absolute atomic E-state index is 14.1. The van der Waals surface area contributed by atoms with Crippen LogP contribution in [0.15, 0.2) is 45.9 Å². The van der Waals surface area contributed by atoms with Gasteiger partial charge in [-0.05, 0) is 30.5 Å². The van der Waals surface area contributed by atoms with Gasteiger partial charge in [-0.2, -0.15) is 4.39 Å². The van der Waals surface area contributed by atoms with Gasteiger partial charge in [0.25, 0.3) is 0 Å². The quantitative estimate of drug-likeness (QED) is 0.456. The van der Waals surface area contributed by atoms with Gasteiger partial charge in [0.2, 0.25) is 11.6 Å². The Kier molecular flexibility index (Phi) is 5.67. The summed E-state index contributed by atoms with van der Waals surface area (Å²) in [4.78, 5) is 24.8. The van der Waals surface area contributed by atoms with Crippen molar-refractivity contribution in [2.75, 3.05) is 0 Å². The molecule has 0 radical (unpaired) electrons. The number of nitrogens with zero attached hydrogens (tertiary/aromatic N) is 4. The average Bonchev–Trinajstić information content (AvgIpc) is 2.81. The van der Waals surface area contributed by atoms with Crippen LogP contribution in [0.2, 0.25) is 0 Å². The first-order valence-electron chi connectivity index (χ1n) is 9.59. The molecule has 4 aromatic rings. The lowest BCUT2D eigenvalue weighted by atomic mass is 9.98. The SMILES string of the molecule is Cc1c(CC(=O)CCc2ccc(-c3nncnn3)cc2)c(=O)oc2c(F)c(O)c(F)cc12. The lowest BCUT2D eigenvalue weighted by Gasteiger charge is -2.09. The lowest BCUT2D eigenvalue weighted by molar-refractivity contribution is -0.118. The number of carbonyl (C=O) groups excluding carboxylic acids is 1. The third-order valence-electron chi connectivity index (χ3n) is 5.13. The van der Waals surface area contributed by atoms with Gasteiger partial charge >= 0.3 is 5.63 Å². The van der Waals surface area contributed by atoms with Gasteiger partial charge in [-0.25, -0.2) is 9.18 Å². The number of benzene rings is 2. The Hall–Kier alpha value is -4.08. The summed E-state index contributed by atoms with van der Waals surface area (Å²) in [5, 5.41) is 24.5. The van der Waals surface area contributed by atoms with Gasteiger partial charge in [0.15, 0.2) is 23.5 Å². The summed E-state index contributed by atoms with van der Waals surface area (Å²) in [5.74, 6) is -3.60. The summed E-state index contributed by atoms with van der Waals surface area (Å²) < 4.78 is 32.7. The molecule has 0 bridgehead atoms. The zero-order chi connectivity index (χ0) is 22.8. The van der Waals surface area contributed by atoms with E-state index in [0.717, 1.165) is 17.2 Å². The molecule has 0 aliphatic heterocycles. The second-order valence-corrected chi connectivity index (χ2v) is 7.17.